The van der Waals surface area contributed by atoms with Gasteiger partial charge >= 0.3 is 11.9 Å². The minimum absolute atomic E-state index is 0.194. The zero-order valence-electron chi connectivity index (χ0n) is 15.9. The molecule has 0 aromatic heterocycles. The lowest BCUT2D eigenvalue weighted by atomic mass is 10.1. The number of carbonyl (C=O) groups excluding carboxylic acids is 2. The van der Waals surface area contributed by atoms with E-state index in [4.69, 9.17) is 0 Å². The van der Waals surface area contributed by atoms with Crippen molar-refractivity contribution in [2.75, 3.05) is 0 Å². The zero-order chi connectivity index (χ0) is 18.8. The lowest BCUT2D eigenvalue weighted by Gasteiger charge is -2.07. The number of unbranched alkanes of at least 4 members (excludes halogenated alkanes) is 8. The molecule has 0 aliphatic carbocycles. The Bertz CT molecular complexity index is 387. The Hall–Kier alpha value is -1.42. The zero-order valence-corrected chi connectivity index (χ0v) is 15.9. The Balaban J connectivity index is 3.38. The minimum Gasteiger partial charge on any atom is -0.393 e. The summed E-state index contributed by atoms with van der Waals surface area (Å²) in [6.45, 7) is 5.44. The Kier molecular flexibility index (Phi) is 16.4. The molecule has 0 rings (SSSR count). The SMILES string of the molecule is C=CC(=O)OC(=O)CCCCCCC/C=C\C[C@H](O)CCCCCC. The van der Waals surface area contributed by atoms with Crippen molar-refractivity contribution in [2.45, 2.75) is 96.5 Å². The molecule has 25 heavy (non-hydrogen) atoms. The van der Waals surface area contributed by atoms with Crippen molar-refractivity contribution in [1.82, 2.24) is 0 Å². The number of ether oxygens (including phenoxy) is 1. The lowest BCUT2D eigenvalue weighted by molar-refractivity contribution is -0.156. The molecule has 1 N–H and O–H groups in total. The quantitative estimate of drug-likeness (QED) is 0.135. The second-order valence-corrected chi connectivity index (χ2v) is 6.51. The highest BCUT2D eigenvalue weighted by molar-refractivity contribution is 5.91. The van der Waals surface area contributed by atoms with Crippen molar-refractivity contribution >= 4 is 11.9 Å². The first-order valence-electron chi connectivity index (χ1n) is 9.80. The number of aliphatic hydroxyl groups excluding tert-OH is 1. The number of rotatable bonds is 16. The number of hydrogen-bond acceptors (Lipinski definition) is 4. The molecule has 0 heterocycles. The molecule has 0 unspecified atom stereocenters. The van der Waals surface area contributed by atoms with Gasteiger partial charge in [-0.15, -0.1) is 0 Å². The first kappa shape index (κ1) is 23.6. The summed E-state index contributed by atoms with van der Waals surface area (Å²) in [4.78, 5) is 22.1. The summed E-state index contributed by atoms with van der Waals surface area (Å²) in [7, 11) is 0. The maximum Gasteiger partial charge on any atom is 0.337 e. The third-order valence-electron chi connectivity index (χ3n) is 4.10. The summed E-state index contributed by atoms with van der Waals surface area (Å²) in [5.74, 6) is -1.15. The highest BCUT2D eigenvalue weighted by Crippen LogP contribution is 2.10. The van der Waals surface area contributed by atoms with Crippen LogP contribution < -0.4 is 0 Å². The van der Waals surface area contributed by atoms with E-state index in [1.807, 2.05) is 0 Å². The smallest absolute Gasteiger partial charge is 0.337 e. The highest BCUT2D eigenvalue weighted by Gasteiger charge is 2.06. The molecular weight excluding hydrogens is 316 g/mol. The van der Waals surface area contributed by atoms with Gasteiger partial charge in [-0.2, -0.15) is 0 Å². The van der Waals surface area contributed by atoms with Crippen LogP contribution >= 0.6 is 0 Å². The van der Waals surface area contributed by atoms with Crippen LogP contribution in [-0.2, 0) is 14.3 Å². The summed E-state index contributed by atoms with van der Waals surface area (Å²) >= 11 is 0. The third-order valence-corrected chi connectivity index (χ3v) is 4.10. The van der Waals surface area contributed by atoms with Crippen molar-refractivity contribution < 1.29 is 19.4 Å². The largest absolute Gasteiger partial charge is 0.393 e. The molecule has 0 fully saturated rings. The molecule has 0 radical (unpaired) electrons. The molecule has 4 nitrogen and oxygen atoms in total. The second kappa shape index (κ2) is 17.4. The summed E-state index contributed by atoms with van der Waals surface area (Å²) in [5.41, 5.74) is 0. The van der Waals surface area contributed by atoms with Gasteiger partial charge in [0.15, 0.2) is 0 Å². The molecule has 0 spiro atoms. The van der Waals surface area contributed by atoms with E-state index in [0.717, 1.165) is 63.9 Å². The molecule has 0 aromatic carbocycles. The monoisotopic (exact) mass is 352 g/mol. The van der Waals surface area contributed by atoms with E-state index in [1.165, 1.54) is 19.3 Å². The molecule has 1 atom stereocenters. The summed E-state index contributed by atoms with van der Waals surface area (Å²) < 4.78 is 4.50. The van der Waals surface area contributed by atoms with E-state index >= 15 is 0 Å². The average Bonchev–Trinajstić information content (AvgIpc) is 2.60. The Morgan fingerprint density at radius 1 is 1.00 bits per heavy atom. The van der Waals surface area contributed by atoms with Crippen LogP contribution in [0, 0.1) is 0 Å². The predicted molar refractivity (Wildman–Crippen MR) is 102 cm³/mol. The molecule has 0 aromatic rings. The van der Waals surface area contributed by atoms with E-state index in [-0.39, 0.29) is 12.5 Å². The van der Waals surface area contributed by atoms with Gasteiger partial charge in [-0.05, 0) is 32.1 Å². The van der Waals surface area contributed by atoms with Gasteiger partial charge in [0.25, 0.3) is 0 Å². The first-order chi connectivity index (χ1) is 12.1. The van der Waals surface area contributed by atoms with Gasteiger partial charge in [-0.3, -0.25) is 4.79 Å². The van der Waals surface area contributed by atoms with E-state index in [1.54, 1.807) is 0 Å². The summed E-state index contributed by atoms with van der Waals surface area (Å²) in [5, 5.41) is 9.85. The molecule has 0 bridgehead atoms. The van der Waals surface area contributed by atoms with Crippen molar-refractivity contribution in [3.63, 3.8) is 0 Å². The van der Waals surface area contributed by atoms with Crippen molar-refractivity contribution in [2.24, 2.45) is 0 Å². The van der Waals surface area contributed by atoms with Crippen LogP contribution in [0.15, 0.2) is 24.8 Å². The van der Waals surface area contributed by atoms with E-state index in [0.29, 0.717) is 0 Å². The Labute approximate surface area is 153 Å². The maximum atomic E-state index is 11.3. The van der Waals surface area contributed by atoms with Gasteiger partial charge in [-0.1, -0.05) is 70.6 Å². The van der Waals surface area contributed by atoms with E-state index in [2.05, 4.69) is 30.4 Å². The average molecular weight is 353 g/mol. The van der Waals surface area contributed by atoms with Gasteiger partial charge in [-0.25, -0.2) is 4.79 Å². The van der Waals surface area contributed by atoms with Gasteiger partial charge in [0.2, 0.25) is 0 Å². The van der Waals surface area contributed by atoms with Crippen LogP contribution in [0.2, 0.25) is 0 Å². The van der Waals surface area contributed by atoms with Crippen LogP contribution in [0.4, 0.5) is 0 Å². The normalized spacial score (nSPS) is 12.2. The summed E-state index contributed by atoms with van der Waals surface area (Å²) in [6, 6.07) is 0. The predicted octanol–water partition coefficient (Wildman–Crippen LogP) is 5.25. The molecule has 144 valence electrons. The third kappa shape index (κ3) is 17.2. The van der Waals surface area contributed by atoms with Gasteiger partial charge in [0, 0.05) is 12.5 Å². The fraction of sp³-hybridized carbons (Fsp3) is 0.714. The van der Waals surface area contributed by atoms with Crippen LogP contribution in [0.1, 0.15) is 90.4 Å². The molecule has 0 saturated heterocycles. The van der Waals surface area contributed by atoms with Crippen molar-refractivity contribution in [1.29, 1.82) is 0 Å². The molecule has 4 heteroatoms. The van der Waals surface area contributed by atoms with Crippen molar-refractivity contribution in [3.05, 3.63) is 24.8 Å². The number of aliphatic hydroxyl groups is 1. The van der Waals surface area contributed by atoms with Crippen molar-refractivity contribution in [3.8, 4) is 0 Å². The number of allylic oxidation sites excluding steroid dienone is 1. The van der Waals surface area contributed by atoms with Crippen LogP contribution in [-0.4, -0.2) is 23.1 Å². The van der Waals surface area contributed by atoms with Crippen LogP contribution in [0.3, 0.4) is 0 Å². The Morgan fingerprint density at radius 2 is 1.68 bits per heavy atom. The standard InChI is InChI=1S/C21H36O4/c1-3-5-6-13-16-19(22)17-14-11-9-7-8-10-12-15-18-21(24)25-20(23)4-2/h4,11,14,19,22H,2-3,5-10,12-13,15-18H2,1H3/b14-11-/t19-/m1/s1. The fourth-order valence-corrected chi connectivity index (χ4v) is 2.56. The summed E-state index contributed by atoms with van der Waals surface area (Å²) in [6.07, 6.45) is 18.0. The van der Waals surface area contributed by atoms with Crippen LogP contribution in [0.25, 0.3) is 0 Å². The van der Waals surface area contributed by atoms with Gasteiger partial charge < -0.3 is 9.84 Å². The Morgan fingerprint density at radius 3 is 2.40 bits per heavy atom. The lowest BCUT2D eigenvalue weighted by Crippen LogP contribution is -2.09. The molecule has 0 aliphatic rings. The topological polar surface area (TPSA) is 63.6 Å². The molecule has 0 amide bonds. The number of esters is 2. The highest BCUT2D eigenvalue weighted by atomic mass is 16.6. The minimum atomic E-state index is -0.678. The first-order valence-corrected chi connectivity index (χ1v) is 9.80. The molecule has 0 aliphatic heterocycles. The van der Waals surface area contributed by atoms with E-state index < -0.39 is 11.9 Å². The fourth-order valence-electron chi connectivity index (χ4n) is 2.56. The number of hydrogen-bond donors (Lipinski definition) is 1. The van der Waals surface area contributed by atoms with E-state index in [9.17, 15) is 14.7 Å². The second-order valence-electron chi connectivity index (χ2n) is 6.51. The van der Waals surface area contributed by atoms with Gasteiger partial charge in [0.1, 0.15) is 0 Å². The number of carbonyl (C=O) groups is 2. The molecular formula is C21H36O4. The van der Waals surface area contributed by atoms with Gasteiger partial charge in [0.05, 0.1) is 6.10 Å². The molecule has 0 saturated carbocycles. The van der Waals surface area contributed by atoms with Crippen LogP contribution in [0.5, 0.6) is 0 Å². The maximum absolute atomic E-state index is 11.3.